The fraction of sp³-hybridized carbons (Fsp3) is 0.370. The van der Waals surface area contributed by atoms with Crippen LogP contribution in [0, 0.1) is 29.5 Å². The minimum atomic E-state index is -0.861. The molecule has 1 fully saturated rings. The second kappa shape index (κ2) is 11.8. The first-order chi connectivity index (χ1) is 17.4. The van der Waals surface area contributed by atoms with Gasteiger partial charge in [0.15, 0.2) is 5.78 Å². The van der Waals surface area contributed by atoms with E-state index in [1.54, 1.807) is 30.7 Å². The lowest BCUT2D eigenvalue weighted by Gasteiger charge is -2.37. The summed E-state index contributed by atoms with van der Waals surface area (Å²) < 4.78 is 18.9. The number of fused-ring (bicyclic) bond motifs is 1. The number of carboxylic acid groups (broad SMARTS) is 1. The zero-order chi connectivity index (χ0) is 25.7. The average molecular weight is 529 g/mol. The van der Waals surface area contributed by atoms with Crippen molar-refractivity contribution < 1.29 is 23.8 Å². The number of Topliss-reactive ketones (excluding diaryl/α,β-unsaturated/α-hetero) is 1. The van der Waals surface area contributed by atoms with Gasteiger partial charge >= 0.3 is 5.97 Å². The van der Waals surface area contributed by atoms with Crippen molar-refractivity contribution in [1.82, 2.24) is 9.88 Å². The van der Waals surface area contributed by atoms with Gasteiger partial charge in [0.25, 0.3) is 0 Å². The number of ketones is 1. The number of aromatic nitrogens is 1. The molecular weight excluding hydrogens is 503 g/mol. The molecule has 2 atom stereocenters. The van der Waals surface area contributed by atoms with E-state index in [4.69, 9.17) is 16.3 Å². The molecule has 2 aromatic heterocycles. The molecule has 2 unspecified atom stereocenters. The molecule has 188 valence electrons. The first-order valence-electron chi connectivity index (χ1n) is 11.7. The largest absolute Gasteiger partial charge is 0.497 e. The van der Waals surface area contributed by atoms with E-state index in [0.717, 1.165) is 13.0 Å². The van der Waals surface area contributed by atoms with Gasteiger partial charge in [-0.3, -0.25) is 19.5 Å². The van der Waals surface area contributed by atoms with Crippen molar-refractivity contribution in [2.24, 2.45) is 11.8 Å². The monoisotopic (exact) mass is 528 g/mol. The number of methoxy groups -OCH3 is 1. The number of thiophene rings is 1. The van der Waals surface area contributed by atoms with Gasteiger partial charge in [-0.25, -0.2) is 4.39 Å². The highest BCUT2D eigenvalue weighted by molar-refractivity contribution is 7.10. The van der Waals surface area contributed by atoms with Gasteiger partial charge in [0, 0.05) is 36.5 Å². The molecule has 0 radical (unpaired) electrons. The van der Waals surface area contributed by atoms with Gasteiger partial charge in [-0.15, -0.1) is 11.3 Å². The highest BCUT2D eigenvalue weighted by Gasteiger charge is 2.31. The van der Waals surface area contributed by atoms with Crippen molar-refractivity contribution in [3.8, 4) is 17.6 Å². The van der Waals surface area contributed by atoms with Crippen molar-refractivity contribution in [2.75, 3.05) is 26.7 Å². The molecule has 0 aliphatic carbocycles. The molecule has 0 spiro atoms. The van der Waals surface area contributed by atoms with Crippen LogP contribution in [-0.2, 0) is 4.79 Å². The molecule has 1 N–H and O–H groups in total. The second-order valence-electron chi connectivity index (χ2n) is 8.87. The van der Waals surface area contributed by atoms with Crippen LogP contribution in [0.25, 0.3) is 10.9 Å². The zero-order valence-electron chi connectivity index (χ0n) is 19.8. The Balaban J connectivity index is 1.43. The van der Waals surface area contributed by atoms with Crippen LogP contribution in [0.3, 0.4) is 0 Å². The number of carbonyl (C=O) groups excluding carboxylic acids is 1. The van der Waals surface area contributed by atoms with Gasteiger partial charge in [-0.05, 0) is 60.9 Å². The third-order valence-corrected chi connectivity index (χ3v) is 7.68. The maximum atomic E-state index is 13.6. The Hall–Kier alpha value is -2.99. The molecule has 3 heterocycles. The number of piperidine rings is 1. The predicted octanol–water partition coefficient (Wildman–Crippen LogP) is 5.52. The lowest BCUT2D eigenvalue weighted by Crippen LogP contribution is -2.41. The van der Waals surface area contributed by atoms with Gasteiger partial charge in [0.05, 0.1) is 24.2 Å². The maximum absolute atomic E-state index is 13.6. The van der Waals surface area contributed by atoms with Crippen molar-refractivity contribution in [3.63, 3.8) is 0 Å². The molecule has 6 nitrogen and oxygen atoms in total. The average Bonchev–Trinajstić information content (AvgIpc) is 3.27. The number of hydrogen-bond donors (Lipinski definition) is 1. The van der Waals surface area contributed by atoms with Crippen LogP contribution in [-0.4, -0.2) is 53.5 Å². The number of ether oxygens (including phenoxy) is 1. The number of nitrogens with zero attached hydrogens (tertiary/aromatic N) is 2. The Kier molecular flexibility index (Phi) is 8.57. The van der Waals surface area contributed by atoms with Crippen molar-refractivity contribution in [2.45, 2.75) is 25.7 Å². The van der Waals surface area contributed by atoms with Crippen LogP contribution < -0.4 is 4.74 Å². The summed E-state index contributed by atoms with van der Waals surface area (Å²) in [4.78, 5) is 31.6. The Morgan fingerprint density at radius 1 is 1.33 bits per heavy atom. The first kappa shape index (κ1) is 26.1. The van der Waals surface area contributed by atoms with Gasteiger partial charge in [-0.2, -0.15) is 0 Å². The molecule has 1 saturated heterocycles. The molecule has 3 aromatic rings. The zero-order valence-corrected chi connectivity index (χ0v) is 21.4. The van der Waals surface area contributed by atoms with Crippen LogP contribution >= 0.6 is 22.9 Å². The Morgan fingerprint density at radius 2 is 2.17 bits per heavy atom. The van der Waals surface area contributed by atoms with Gasteiger partial charge in [-0.1, -0.05) is 23.4 Å². The third-order valence-electron chi connectivity index (χ3n) is 6.58. The van der Waals surface area contributed by atoms with E-state index in [-0.39, 0.29) is 36.3 Å². The van der Waals surface area contributed by atoms with Crippen LogP contribution in [0.5, 0.6) is 5.75 Å². The standard InChI is InChI=1S/C27H26ClFN2O4S/c1-35-19-5-6-23-20(14-19)27(21(28)15-30-23)24(32)7-4-17-8-11-31(16-18(17)13-26(33)34)10-2-3-25-22(29)9-12-36-25/h5-6,9,12,14-15,17-18H,4,7-8,10-11,13,16H2,1H3,(H,33,34). The molecule has 0 amide bonds. The summed E-state index contributed by atoms with van der Waals surface area (Å²) in [5, 5.41) is 12.1. The summed E-state index contributed by atoms with van der Waals surface area (Å²) in [5.74, 6) is 5.18. The van der Waals surface area contributed by atoms with E-state index >= 15 is 0 Å². The maximum Gasteiger partial charge on any atom is 0.303 e. The summed E-state index contributed by atoms with van der Waals surface area (Å²) in [6.07, 6.45) is 3.10. The fourth-order valence-corrected chi connectivity index (χ4v) is 5.64. The van der Waals surface area contributed by atoms with E-state index in [1.165, 1.54) is 23.6 Å². The number of carboxylic acids is 1. The number of benzene rings is 1. The van der Waals surface area contributed by atoms with Crippen LogP contribution in [0.1, 0.15) is 40.9 Å². The molecule has 0 bridgehead atoms. The summed E-state index contributed by atoms with van der Waals surface area (Å²) in [6.45, 7) is 1.76. The van der Waals surface area contributed by atoms with E-state index in [9.17, 15) is 19.1 Å². The Morgan fingerprint density at radius 3 is 2.89 bits per heavy atom. The number of aliphatic carboxylic acids is 1. The number of carbonyl (C=O) groups is 2. The number of pyridine rings is 1. The highest BCUT2D eigenvalue weighted by Crippen LogP contribution is 2.33. The minimum absolute atomic E-state index is 0.0263. The quantitative estimate of drug-likeness (QED) is 0.306. The van der Waals surface area contributed by atoms with Gasteiger partial charge < -0.3 is 9.84 Å². The third kappa shape index (κ3) is 6.22. The lowest BCUT2D eigenvalue weighted by atomic mass is 9.79. The summed E-state index contributed by atoms with van der Waals surface area (Å²) >= 11 is 7.64. The summed E-state index contributed by atoms with van der Waals surface area (Å²) in [5.41, 5.74) is 1.08. The van der Waals surface area contributed by atoms with Crippen LogP contribution in [0.4, 0.5) is 4.39 Å². The summed E-state index contributed by atoms with van der Waals surface area (Å²) in [7, 11) is 1.56. The molecule has 9 heteroatoms. The van der Waals surface area contributed by atoms with E-state index in [0.29, 0.717) is 51.6 Å². The van der Waals surface area contributed by atoms with E-state index < -0.39 is 5.97 Å². The van der Waals surface area contributed by atoms with Gasteiger partial charge in [0.1, 0.15) is 16.4 Å². The predicted molar refractivity (Wildman–Crippen MR) is 138 cm³/mol. The number of rotatable bonds is 8. The molecular formula is C27H26ClFN2O4S. The minimum Gasteiger partial charge on any atom is -0.497 e. The SMILES string of the molecule is COc1ccc2ncc(Cl)c(C(=O)CCC3CCN(CC#Cc4sccc4F)CC3CC(=O)O)c2c1. The molecule has 36 heavy (non-hydrogen) atoms. The number of hydrogen-bond acceptors (Lipinski definition) is 6. The second-order valence-corrected chi connectivity index (χ2v) is 10.2. The summed E-state index contributed by atoms with van der Waals surface area (Å²) in [6, 6.07) is 6.72. The number of halogens is 2. The Bertz CT molecular complexity index is 1330. The van der Waals surface area contributed by atoms with Crippen molar-refractivity contribution in [1.29, 1.82) is 0 Å². The lowest BCUT2D eigenvalue weighted by molar-refractivity contribution is -0.139. The van der Waals surface area contributed by atoms with Crippen LogP contribution in [0.2, 0.25) is 5.02 Å². The molecule has 4 rings (SSSR count). The first-order valence-corrected chi connectivity index (χ1v) is 12.9. The number of likely N-dealkylation sites (tertiary alicyclic amines) is 1. The topological polar surface area (TPSA) is 79.7 Å². The van der Waals surface area contributed by atoms with Crippen molar-refractivity contribution in [3.05, 3.63) is 57.1 Å². The fourth-order valence-electron chi connectivity index (χ4n) is 4.75. The smallest absolute Gasteiger partial charge is 0.303 e. The molecule has 1 aliphatic heterocycles. The molecule has 0 saturated carbocycles. The molecule has 1 aromatic carbocycles. The van der Waals surface area contributed by atoms with Crippen LogP contribution in [0.15, 0.2) is 35.8 Å². The Labute approximate surface area is 218 Å². The van der Waals surface area contributed by atoms with Crippen molar-refractivity contribution >= 4 is 45.6 Å². The van der Waals surface area contributed by atoms with Gasteiger partial charge in [0.2, 0.25) is 0 Å². The highest BCUT2D eigenvalue weighted by atomic mass is 35.5. The normalized spacial score (nSPS) is 18.0. The molecule has 1 aliphatic rings. The van der Waals surface area contributed by atoms with E-state index in [2.05, 4.69) is 21.7 Å². The van der Waals surface area contributed by atoms with E-state index in [1.807, 2.05) is 0 Å².